The first-order valence-electron chi connectivity index (χ1n) is 3.06. The van der Waals surface area contributed by atoms with Crippen molar-refractivity contribution < 1.29 is 9.32 Å². The molecule has 1 aromatic rings. The van der Waals surface area contributed by atoms with Crippen LogP contribution in [0.1, 0.15) is 17.4 Å². The van der Waals surface area contributed by atoms with Crippen molar-refractivity contribution in [2.75, 3.05) is 0 Å². The molecular weight excluding hydrogens is 144 g/mol. The van der Waals surface area contributed by atoms with Crippen LogP contribution in [0.25, 0.3) is 0 Å². The highest BCUT2D eigenvalue weighted by Crippen LogP contribution is 2.12. The number of rotatable bonds is 2. The molecule has 0 aliphatic heterocycles. The number of carbonyl (C=O) groups excluding carboxylic acids is 1. The van der Waals surface area contributed by atoms with E-state index >= 15 is 0 Å². The van der Waals surface area contributed by atoms with E-state index in [1.165, 1.54) is 0 Å². The number of nitrogens with zero attached hydrogens (tertiary/aromatic N) is 2. The van der Waals surface area contributed by atoms with Gasteiger partial charge in [0.25, 0.3) is 0 Å². The molecule has 0 fully saturated rings. The lowest BCUT2D eigenvalue weighted by Crippen LogP contribution is -1.93. The van der Waals surface area contributed by atoms with Crippen LogP contribution in [-0.2, 0) is 4.79 Å². The fraction of sp³-hybridized carbons (Fsp3) is 0.286. The number of aldehydes is 1. The molecule has 1 aromatic heterocycles. The van der Waals surface area contributed by atoms with Gasteiger partial charge in [-0.2, -0.15) is 5.26 Å². The van der Waals surface area contributed by atoms with Gasteiger partial charge in [-0.05, 0) is 6.92 Å². The third-order valence-corrected chi connectivity index (χ3v) is 1.23. The zero-order valence-electron chi connectivity index (χ0n) is 5.94. The van der Waals surface area contributed by atoms with E-state index in [4.69, 9.17) is 9.78 Å². The molecule has 1 rings (SSSR count). The van der Waals surface area contributed by atoms with Gasteiger partial charge in [0.1, 0.15) is 6.29 Å². The molecule has 56 valence electrons. The zero-order chi connectivity index (χ0) is 8.27. The summed E-state index contributed by atoms with van der Waals surface area (Å²) in [6.45, 7) is 1.73. The van der Waals surface area contributed by atoms with Gasteiger partial charge in [0, 0.05) is 6.07 Å². The Labute approximate surface area is 63.4 Å². The Kier molecular flexibility index (Phi) is 2.02. The average molecular weight is 150 g/mol. The summed E-state index contributed by atoms with van der Waals surface area (Å²) in [5.41, 5.74) is 0.669. The molecule has 1 unspecified atom stereocenters. The molecule has 0 spiro atoms. The lowest BCUT2D eigenvalue weighted by Gasteiger charge is -1.89. The minimum atomic E-state index is -0.823. The molecule has 4 heteroatoms. The first kappa shape index (κ1) is 7.48. The summed E-state index contributed by atoms with van der Waals surface area (Å²) >= 11 is 0. The number of nitriles is 1. The Bertz CT molecular complexity index is 298. The van der Waals surface area contributed by atoms with Crippen molar-refractivity contribution in [2.24, 2.45) is 0 Å². The number of aryl methyl sites for hydroxylation is 1. The molecule has 0 aromatic carbocycles. The lowest BCUT2D eigenvalue weighted by atomic mass is 10.1. The van der Waals surface area contributed by atoms with Crippen molar-refractivity contribution >= 4 is 6.29 Å². The monoisotopic (exact) mass is 150 g/mol. The Hall–Kier alpha value is -1.63. The zero-order valence-corrected chi connectivity index (χ0v) is 5.94. The number of hydrogen-bond donors (Lipinski definition) is 0. The second-order valence-electron chi connectivity index (χ2n) is 2.11. The summed E-state index contributed by atoms with van der Waals surface area (Å²) in [7, 11) is 0. The van der Waals surface area contributed by atoms with Gasteiger partial charge < -0.3 is 9.32 Å². The molecule has 0 saturated heterocycles. The topological polar surface area (TPSA) is 66.9 Å². The summed E-state index contributed by atoms with van der Waals surface area (Å²) in [4.78, 5) is 10.2. The van der Waals surface area contributed by atoms with Crippen LogP contribution in [0.5, 0.6) is 0 Å². The van der Waals surface area contributed by atoms with Gasteiger partial charge in [0.05, 0.1) is 11.8 Å². The molecule has 11 heavy (non-hydrogen) atoms. The van der Waals surface area contributed by atoms with Gasteiger partial charge in [0.2, 0.25) is 0 Å². The molecule has 0 aliphatic carbocycles. The Morgan fingerprint density at radius 2 is 2.64 bits per heavy atom. The molecule has 0 saturated carbocycles. The Morgan fingerprint density at radius 3 is 3.00 bits per heavy atom. The maximum Gasteiger partial charge on any atom is 0.162 e. The van der Waals surface area contributed by atoms with Gasteiger partial charge >= 0.3 is 0 Å². The number of carbonyl (C=O) groups is 1. The van der Waals surface area contributed by atoms with E-state index in [1.54, 1.807) is 19.1 Å². The lowest BCUT2D eigenvalue weighted by molar-refractivity contribution is -0.108. The fourth-order valence-corrected chi connectivity index (χ4v) is 0.691. The Morgan fingerprint density at radius 1 is 1.91 bits per heavy atom. The van der Waals surface area contributed by atoms with E-state index in [-0.39, 0.29) is 0 Å². The SMILES string of the molecule is Cc1cc(C(C#N)C=O)on1. The van der Waals surface area contributed by atoms with Crippen LogP contribution >= 0.6 is 0 Å². The predicted octanol–water partition coefficient (Wildman–Crippen LogP) is 0.789. The van der Waals surface area contributed by atoms with E-state index < -0.39 is 5.92 Å². The third kappa shape index (κ3) is 1.44. The van der Waals surface area contributed by atoms with E-state index in [1.807, 2.05) is 0 Å². The molecule has 0 radical (unpaired) electrons. The van der Waals surface area contributed by atoms with Crippen LogP contribution in [0.3, 0.4) is 0 Å². The first-order valence-corrected chi connectivity index (χ1v) is 3.06. The summed E-state index contributed by atoms with van der Waals surface area (Å²) < 4.78 is 4.70. The van der Waals surface area contributed by atoms with E-state index in [2.05, 4.69) is 5.16 Å². The minimum Gasteiger partial charge on any atom is -0.359 e. The van der Waals surface area contributed by atoms with E-state index in [9.17, 15) is 4.79 Å². The van der Waals surface area contributed by atoms with Crippen molar-refractivity contribution in [3.05, 3.63) is 17.5 Å². The summed E-state index contributed by atoms with van der Waals surface area (Å²) in [5, 5.41) is 12.0. The predicted molar refractivity (Wildman–Crippen MR) is 35.7 cm³/mol. The van der Waals surface area contributed by atoms with Gasteiger partial charge in [0.15, 0.2) is 11.7 Å². The third-order valence-electron chi connectivity index (χ3n) is 1.23. The molecule has 4 nitrogen and oxygen atoms in total. The Balaban J connectivity index is 2.92. The molecule has 1 heterocycles. The van der Waals surface area contributed by atoms with Crippen LogP contribution in [0.2, 0.25) is 0 Å². The second-order valence-corrected chi connectivity index (χ2v) is 2.11. The number of aromatic nitrogens is 1. The largest absolute Gasteiger partial charge is 0.359 e. The van der Waals surface area contributed by atoms with Crippen LogP contribution in [0.4, 0.5) is 0 Å². The van der Waals surface area contributed by atoms with Crippen molar-refractivity contribution in [1.82, 2.24) is 5.16 Å². The van der Waals surface area contributed by atoms with Crippen LogP contribution in [0, 0.1) is 18.3 Å². The quantitative estimate of drug-likeness (QED) is 0.584. The van der Waals surface area contributed by atoms with E-state index in [0.29, 0.717) is 17.7 Å². The molecule has 1 atom stereocenters. The highest BCUT2D eigenvalue weighted by Gasteiger charge is 2.13. The van der Waals surface area contributed by atoms with Crippen molar-refractivity contribution in [3.63, 3.8) is 0 Å². The smallest absolute Gasteiger partial charge is 0.162 e. The van der Waals surface area contributed by atoms with Crippen molar-refractivity contribution in [3.8, 4) is 6.07 Å². The van der Waals surface area contributed by atoms with Crippen LogP contribution < -0.4 is 0 Å². The maximum atomic E-state index is 10.2. The van der Waals surface area contributed by atoms with Crippen LogP contribution in [-0.4, -0.2) is 11.4 Å². The summed E-state index contributed by atoms with van der Waals surface area (Å²) in [6, 6.07) is 3.35. The van der Waals surface area contributed by atoms with Gasteiger partial charge in [-0.15, -0.1) is 0 Å². The fourth-order valence-electron chi connectivity index (χ4n) is 0.691. The molecule has 0 amide bonds. The van der Waals surface area contributed by atoms with Gasteiger partial charge in [-0.1, -0.05) is 5.16 Å². The standard InChI is InChI=1S/C7H6N2O2/c1-5-2-7(11-9-5)6(3-8)4-10/h2,4,6H,1H3. The van der Waals surface area contributed by atoms with Crippen LogP contribution in [0.15, 0.2) is 10.6 Å². The average Bonchev–Trinajstić information content (AvgIpc) is 2.39. The maximum absolute atomic E-state index is 10.2. The van der Waals surface area contributed by atoms with E-state index in [0.717, 1.165) is 0 Å². The summed E-state index contributed by atoms with van der Waals surface area (Å²) in [6.07, 6.45) is 0.528. The van der Waals surface area contributed by atoms with Gasteiger partial charge in [-0.3, -0.25) is 0 Å². The molecule has 0 bridgehead atoms. The van der Waals surface area contributed by atoms with Crippen molar-refractivity contribution in [2.45, 2.75) is 12.8 Å². The minimum absolute atomic E-state index is 0.306. The highest BCUT2D eigenvalue weighted by atomic mass is 16.5. The normalized spacial score (nSPS) is 12.0. The first-order chi connectivity index (χ1) is 5.27. The van der Waals surface area contributed by atoms with Gasteiger partial charge in [-0.25, -0.2) is 0 Å². The second kappa shape index (κ2) is 2.97. The molecule has 0 N–H and O–H groups in total. The van der Waals surface area contributed by atoms with Crippen molar-refractivity contribution in [1.29, 1.82) is 5.26 Å². The highest BCUT2D eigenvalue weighted by molar-refractivity contribution is 5.64. The summed E-state index contributed by atoms with van der Waals surface area (Å²) in [5.74, 6) is -0.517. The molecular formula is C7H6N2O2. The number of hydrogen-bond acceptors (Lipinski definition) is 4. The molecule has 0 aliphatic rings.